The molecule has 25 heavy (non-hydrogen) atoms. The third kappa shape index (κ3) is 6.38. The van der Waals surface area contributed by atoms with Gasteiger partial charge in [-0.25, -0.2) is 0 Å². The summed E-state index contributed by atoms with van der Waals surface area (Å²) in [6.07, 6.45) is 2.27. The van der Waals surface area contributed by atoms with Crippen molar-refractivity contribution < 1.29 is 4.79 Å². The van der Waals surface area contributed by atoms with Crippen molar-refractivity contribution in [3.63, 3.8) is 0 Å². The number of carbonyl (C=O) groups is 1. The molecule has 1 fully saturated rings. The largest absolute Gasteiger partial charge is 0.354 e. The van der Waals surface area contributed by atoms with Gasteiger partial charge in [0.05, 0.1) is 0 Å². The minimum Gasteiger partial charge on any atom is -0.354 e. The molecule has 1 aliphatic rings. The first kappa shape index (κ1) is 19.2. The van der Waals surface area contributed by atoms with E-state index in [9.17, 15) is 4.79 Å². The Morgan fingerprint density at radius 1 is 1.32 bits per heavy atom. The summed E-state index contributed by atoms with van der Waals surface area (Å²) >= 11 is 0. The maximum atomic E-state index is 11.2. The van der Waals surface area contributed by atoms with E-state index in [1.807, 2.05) is 24.3 Å². The van der Waals surface area contributed by atoms with Crippen LogP contribution in [-0.4, -0.2) is 49.0 Å². The van der Waals surface area contributed by atoms with Gasteiger partial charge in [0.1, 0.15) is 0 Å². The lowest BCUT2D eigenvalue weighted by atomic mass is 10.0. The second-order valence-electron chi connectivity index (χ2n) is 6.86. The van der Waals surface area contributed by atoms with Crippen LogP contribution in [0.1, 0.15) is 39.2 Å². The van der Waals surface area contributed by atoms with Gasteiger partial charge >= 0.3 is 0 Å². The first-order valence-electron chi connectivity index (χ1n) is 9.05. The molecule has 2 rings (SSSR count). The Kier molecular flexibility index (Phi) is 7.25. The van der Waals surface area contributed by atoms with E-state index in [-0.39, 0.29) is 5.91 Å². The monoisotopic (exact) mass is 345 g/mol. The topological polar surface area (TPSA) is 68.8 Å². The summed E-state index contributed by atoms with van der Waals surface area (Å²) < 4.78 is 0. The molecule has 0 aromatic heterocycles. The highest BCUT2D eigenvalue weighted by Gasteiger charge is 2.21. The number of hydrogen-bond acceptors (Lipinski definition) is 3. The highest BCUT2D eigenvalue weighted by molar-refractivity contribution is 5.88. The Labute approximate surface area is 151 Å². The molecule has 0 spiro atoms. The number of aliphatic imine (C=N–C) groups is 1. The lowest BCUT2D eigenvalue weighted by Crippen LogP contribution is -2.49. The van der Waals surface area contributed by atoms with Gasteiger partial charge in [0, 0.05) is 51.4 Å². The molecular weight excluding hydrogens is 314 g/mol. The number of anilines is 1. The van der Waals surface area contributed by atoms with Gasteiger partial charge in [0.25, 0.3) is 0 Å². The number of piperidine rings is 1. The Bertz CT molecular complexity index is 591. The van der Waals surface area contributed by atoms with E-state index >= 15 is 0 Å². The predicted octanol–water partition coefficient (Wildman–Crippen LogP) is 2.18. The molecule has 6 nitrogen and oxygen atoms in total. The van der Waals surface area contributed by atoms with Gasteiger partial charge in [-0.05, 0) is 44.4 Å². The minimum atomic E-state index is -0.0599. The average Bonchev–Trinajstić information content (AvgIpc) is 2.58. The molecule has 0 aliphatic carbocycles. The quantitative estimate of drug-likeness (QED) is 0.565. The molecule has 1 heterocycles. The SMILES string of the molecule is CN=C(NCc1cccc(NC(C)=O)c1)NC1CCN(C(C)C)CC1. The second kappa shape index (κ2) is 9.42. The van der Waals surface area contributed by atoms with Crippen LogP contribution in [0.25, 0.3) is 0 Å². The average molecular weight is 345 g/mol. The summed E-state index contributed by atoms with van der Waals surface area (Å²) in [5.41, 5.74) is 1.92. The number of amides is 1. The van der Waals surface area contributed by atoms with Crippen LogP contribution in [0.15, 0.2) is 29.3 Å². The molecular formula is C19H31N5O. The molecule has 6 heteroatoms. The van der Waals surface area contributed by atoms with Gasteiger partial charge in [-0.3, -0.25) is 9.79 Å². The number of hydrogen-bond donors (Lipinski definition) is 3. The zero-order chi connectivity index (χ0) is 18.2. The van der Waals surface area contributed by atoms with E-state index in [1.165, 1.54) is 6.92 Å². The molecule has 1 aromatic carbocycles. The van der Waals surface area contributed by atoms with E-state index in [0.717, 1.165) is 43.1 Å². The van der Waals surface area contributed by atoms with Crippen molar-refractivity contribution in [3.8, 4) is 0 Å². The standard InChI is InChI=1S/C19H31N5O/c1-14(2)24-10-8-17(9-11-24)23-19(20-4)21-13-16-6-5-7-18(12-16)22-15(3)25/h5-7,12,14,17H,8-11,13H2,1-4H3,(H,22,25)(H2,20,21,23). The molecule has 1 amide bonds. The van der Waals surface area contributed by atoms with E-state index in [1.54, 1.807) is 7.05 Å². The molecule has 0 radical (unpaired) electrons. The van der Waals surface area contributed by atoms with Gasteiger partial charge < -0.3 is 20.9 Å². The Morgan fingerprint density at radius 3 is 2.64 bits per heavy atom. The zero-order valence-corrected chi connectivity index (χ0v) is 15.8. The number of rotatable bonds is 5. The third-order valence-electron chi connectivity index (χ3n) is 4.53. The minimum absolute atomic E-state index is 0.0599. The van der Waals surface area contributed by atoms with Gasteiger partial charge in [0.2, 0.25) is 5.91 Å². The van der Waals surface area contributed by atoms with Crippen molar-refractivity contribution in [3.05, 3.63) is 29.8 Å². The number of benzene rings is 1. The fourth-order valence-corrected chi connectivity index (χ4v) is 3.10. The van der Waals surface area contributed by atoms with Crippen LogP contribution in [0.2, 0.25) is 0 Å². The number of guanidine groups is 1. The van der Waals surface area contributed by atoms with Crippen LogP contribution in [0.4, 0.5) is 5.69 Å². The molecule has 1 saturated heterocycles. The first-order valence-corrected chi connectivity index (χ1v) is 9.05. The van der Waals surface area contributed by atoms with Crippen LogP contribution >= 0.6 is 0 Å². The summed E-state index contributed by atoms with van der Waals surface area (Å²) in [5.74, 6) is 0.767. The molecule has 138 valence electrons. The van der Waals surface area contributed by atoms with Gasteiger partial charge in [-0.2, -0.15) is 0 Å². The van der Waals surface area contributed by atoms with Crippen molar-refractivity contribution in [2.75, 3.05) is 25.5 Å². The van der Waals surface area contributed by atoms with E-state index < -0.39 is 0 Å². The Hall–Kier alpha value is -2.08. The van der Waals surface area contributed by atoms with Gasteiger partial charge in [-0.15, -0.1) is 0 Å². The molecule has 0 bridgehead atoms. The summed E-state index contributed by atoms with van der Waals surface area (Å²) in [5, 5.41) is 9.69. The number of likely N-dealkylation sites (tertiary alicyclic amines) is 1. The van der Waals surface area contributed by atoms with Gasteiger partial charge in [0.15, 0.2) is 5.96 Å². The normalized spacial score (nSPS) is 16.8. The van der Waals surface area contributed by atoms with Crippen LogP contribution in [0.5, 0.6) is 0 Å². The molecule has 0 unspecified atom stereocenters. The highest BCUT2D eigenvalue weighted by atomic mass is 16.1. The maximum absolute atomic E-state index is 11.2. The molecule has 0 saturated carbocycles. The van der Waals surface area contributed by atoms with Crippen LogP contribution in [-0.2, 0) is 11.3 Å². The number of carbonyl (C=O) groups excluding carboxylic acids is 1. The highest BCUT2D eigenvalue weighted by Crippen LogP contribution is 2.13. The van der Waals surface area contributed by atoms with Crippen molar-refractivity contribution in [2.45, 2.75) is 52.2 Å². The maximum Gasteiger partial charge on any atom is 0.221 e. The van der Waals surface area contributed by atoms with Crippen LogP contribution in [0, 0.1) is 0 Å². The Balaban J connectivity index is 1.82. The summed E-state index contributed by atoms with van der Waals surface area (Å²) in [7, 11) is 1.80. The molecule has 1 aromatic rings. The van der Waals surface area contributed by atoms with Crippen LogP contribution in [0.3, 0.4) is 0 Å². The summed E-state index contributed by atoms with van der Waals surface area (Å²) in [6, 6.07) is 8.93. The molecule has 3 N–H and O–H groups in total. The third-order valence-corrected chi connectivity index (χ3v) is 4.53. The number of nitrogens with zero attached hydrogens (tertiary/aromatic N) is 2. The van der Waals surface area contributed by atoms with E-state index in [4.69, 9.17) is 0 Å². The molecule has 1 aliphatic heterocycles. The Morgan fingerprint density at radius 2 is 2.04 bits per heavy atom. The fourth-order valence-electron chi connectivity index (χ4n) is 3.10. The molecule has 0 atom stereocenters. The first-order chi connectivity index (χ1) is 12.0. The lowest BCUT2D eigenvalue weighted by Gasteiger charge is -2.35. The van der Waals surface area contributed by atoms with E-state index in [0.29, 0.717) is 18.6 Å². The summed E-state index contributed by atoms with van der Waals surface area (Å²) in [6.45, 7) is 8.95. The second-order valence-corrected chi connectivity index (χ2v) is 6.86. The fraction of sp³-hybridized carbons (Fsp3) is 0.579. The van der Waals surface area contributed by atoms with Crippen molar-refractivity contribution >= 4 is 17.6 Å². The van der Waals surface area contributed by atoms with Gasteiger partial charge in [-0.1, -0.05) is 12.1 Å². The summed E-state index contributed by atoms with van der Waals surface area (Å²) in [4.78, 5) is 18.0. The zero-order valence-electron chi connectivity index (χ0n) is 15.8. The van der Waals surface area contributed by atoms with Crippen molar-refractivity contribution in [2.24, 2.45) is 4.99 Å². The van der Waals surface area contributed by atoms with Crippen LogP contribution < -0.4 is 16.0 Å². The smallest absolute Gasteiger partial charge is 0.221 e. The number of nitrogens with one attached hydrogen (secondary N) is 3. The lowest BCUT2D eigenvalue weighted by molar-refractivity contribution is -0.114. The van der Waals surface area contributed by atoms with E-state index in [2.05, 4.69) is 39.7 Å². The van der Waals surface area contributed by atoms with Crippen molar-refractivity contribution in [1.82, 2.24) is 15.5 Å². The predicted molar refractivity (Wildman–Crippen MR) is 104 cm³/mol. The van der Waals surface area contributed by atoms with Crippen molar-refractivity contribution in [1.29, 1.82) is 0 Å².